The highest BCUT2D eigenvalue weighted by molar-refractivity contribution is 6.32. The van der Waals surface area contributed by atoms with Crippen LogP contribution in [0.25, 0.3) is 0 Å². The molecule has 0 radical (unpaired) electrons. The lowest BCUT2D eigenvalue weighted by Crippen LogP contribution is -2.03. The van der Waals surface area contributed by atoms with Gasteiger partial charge in [0.25, 0.3) is 0 Å². The Kier molecular flexibility index (Phi) is 3.76. The largest absolute Gasteiger partial charge is 0.507 e. The van der Waals surface area contributed by atoms with Gasteiger partial charge in [-0.1, -0.05) is 41.4 Å². The third-order valence-electron chi connectivity index (χ3n) is 3.00. The Hall–Kier alpha value is -2.00. The fraction of sp³-hybridized carbons (Fsp3) is 0.133. The SMILES string of the molecule is Cc1ccc(C(C=O)c2cc(Cl)c(O)cc2O)cc1. The van der Waals surface area contributed by atoms with E-state index in [2.05, 4.69) is 0 Å². The van der Waals surface area contributed by atoms with Crippen LogP contribution in [0.5, 0.6) is 11.5 Å². The zero-order valence-electron chi connectivity index (χ0n) is 10.3. The van der Waals surface area contributed by atoms with Gasteiger partial charge in [-0.25, -0.2) is 0 Å². The summed E-state index contributed by atoms with van der Waals surface area (Å²) in [5, 5.41) is 19.4. The first-order valence-electron chi connectivity index (χ1n) is 5.76. The quantitative estimate of drug-likeness (QED) is 0.845. The average molecular weight is 277 g/mol. The minimum absolute atomic E-state index is 0.103. The van der Waals surface area contributed by atoms with Gasteiger partial charge in [0.15, 0.2) is 0 Å². The summed E-state index contributed by atoms with van der Waals surface area (Å²) in [7, 11) is 0. The number of rotatable bonds is 3. The zero-order valence-corrected chi connectivity index (χ0v) is 11.1. The number of hydrogen-bond acceptors (Lipinski definition) is 3. The van der Waals surface area contributed by atoms with Gasteiger partial charge in [-0.3, -0.25) is 0 Å². The molecular weight excluding hydrogens is 264 g/mol. The predicted octanol–water partition coefficient (Wildman–Crippen LogP) is 3.39. The summed E-state index contributed by atoms with van der Waals surface area (Å²) < 4.78 is 0. The summed E-state index contributed by atoms with van der Waals surface area (Å²) >= 11 is 5.82. The molecule has 0 bridgehead atoms. The van der Waals surface area contributed by atoms with Crippen molar-refractivity contribution in [3.05, 3.63) is 58.1 Å². The molecule has 0 amide bonds. The number of hydrogen-bond donors (Lipinski definition) is 2. The summed E-state index contributed by atoms with van der Waals surface area (Å²) in [4.78, 5) is 11.3. The van der Waals surface area contributed by atoms with Gasteiger partial charge in [0.1, 0.15) is 17.8 Å². The second-order valence-electron chi connectivity index (χ2n) is 4.39. The van der Waals surface area contributed by atoms with Crippen LogP contribution >= 0.6 is 11.6 Å². The van der Waals surface area contributed by atoms with Gasteiger partial charge in [0, 0.05) is 11.6 Å². The lowest BCUT2D eigenvalue weighted by atomic mass is 9.91. The molecule has 19 heavy (non-hydrogen) atoms. The van der Waals surface area contributed by atoms with Gasteiger partial charge in [0.05, 0.1) is 10.9 Å². The van der Waals surface area contributed by atoms with E-state index in [0.717, 1.165) is 23.5 Å². The van der Waals surface area contributed by atoms with E-state index >= 15 is 0 Å². The van der Waals surface area contributed by atoms with Gasteiger partial charge in [0.2, 0.25) is 0 Å². The van der Waals surface area contributed by atoms with E-state index in [1.165, 1.54) is 6.07 Å². The van der Waals surface area contributed by atoms with Crippen molar-refractivity contribution in [3.8, 4) is 11.5 Å². The molecule has 98 valence electrons. The monoisotopic (exact) mass is 276 g/mol. The van der Waals surface area contributed by atoms with Crippen LogP contribution in [0.1, 0.15) is 22.6 Å². The van der Waals surface area contributed by atoms with Crippen molar-refractivity contribution in [2.75, 3.05) is 0 Å². The molecule has 2 aromatic carbocycles. The number of halogens is 1. The van der Waals surface area contributed by atoms with Gasteiger partial charge in [-0.15, -0.1) is 0 Å². The number of aryl methyl sites for hydroxylation is 1. The predicted molar refractivity (Wildman–Crippen MR) is 73.9 cm³/mol. The normalized spacial score (nSPS) is 12.1. The third kappa shape index (κ3) is 2.71. The number of phenols is 2. The summed E-state index contributed by atoms with van der Waals surface area (Å²) in [5.74, 6) is -0.977. The second kappa shape index (κ2) is 5.33. The number of phenolic OH excluding ortho intramolecular Hbond substituents is 2. The van der Waals surface area contributed by atoms with Crippen LogP contribution in [0.4, 0.5) is 0 Å². The summed E-state index contributed by atoms with van der Waals surface area (Å²) in [6.45, 7) is 1.95. The Balaban J connectivity index is 2.51. The fourth-order valence-electron chi connectivity index (χ4n) is 1.92. The van der Waals surface area contributed by atoms with Crippen LogP contribution in [-0.2, 0) is 4.79 Å². The molecule has 0 aliphatic heterocycles. The Labute approximate surface area is 116 Å². The maximum absolute atomic E-state index is 11.3. The first-order valence-corrected chi connectivity index (χ1v) is 6.14. The first-order chi connectivity index (χ1) is 9.02. The van der Waals surface area contributed by atoms with Crippen LogP contribution in [-0.4, -0.2) is 16.5 Å². The molecule has 0 aliphatic carbocycles. The van der Waals surface area contributed by atoms with E-state index in [-0.39, 0.29) is 16.5 Å². The van der Waals surface area contributed by atoms with Gasteiger partial charge in [-0.2, -0.15) is 0 Å². The molecule has 0 heterocycles. The maximum Gasteiger partial charge on any atom is 0.137 e. The molecular formula is C15H13ClO3. The first kappa shape index (κ1) is 13.4. The van der Waals surface area contributed by atoms with Crippen LogP contribution in [0, 0.1) is 6.92 Å². The fourth-order valence-corrected chi connectivity index (χ4v) is 2.09. The molecule has 1 unspecified atom stereocenters. The molecule has 2 N–H and O–H groups in total. The number of carbonyl (C=O) groups excluding carboxylic acids is 1. The highest BCUT2D eigenvalue weighted by atomic mass is 35.5. The molecule has 4 heteroatoms. The summed E-state index contributed by atoms with van der Waals surface area (Å²) in [5.41, 5.74) is 2.22. The molecule has 3 nitrogen and oxygen atoms in total. The molecule has 0 saturated heterocycles. The van der Waals surface area contributed by atoms with Crippen molar-refractivity contribution in [2.45, 2.75) is 12.8 Å². The van der Waals surface area contributed by atoms with E-state index < -0.39 is 5.92 Å². The van der Waals surface area contributed by atoms with Crippen molar-refractivity contribution in [2.24, 2.45) is 0 Å². The van der Waals surface area contributed by atoms with E-state index in [9.17, 15) is 15.0 Å². The van der Waals surface area contributed by atoms with Gasteiger partial charge < -0.3 is 15.0 Å². The van der Waals surface area contributed by atoms with Crippen LogP contribution in [0.3, 0.4) is 0 Å². The van der Waals surface area contributed by atoms with Crippen LogP contribution < -0.4 is 0 Å². The van der Waals surface area contributed by atoms with E-state index in [4.69, 9.17) is 11.6 Å². The minimum atomic E-state index is -0.612. The van der Waals surface area contributed by atoms with Gasteiger partial charge >= 0.3 is 0 Å². The maximum atomic E-state index is 11.3. The van der Waals surface area contributed by atoms with Gasteiger partial charge in [-0.05, 0) is 18.6 Å². The van der Waals surface area contributed by atoms with Crippen molar-refractivity contribution in [1.82, 2.24) is 0 Å². The molecule has 0 aromatic heterocycles. The number of aldehydes is 1. The average Bonchev–Trinajstić information content (AvgIpc) is 2.38. The molecule has 0 saturated carbocycles. The smallest absolute Gasteiger partial charge is 0.137 e. The van der Waals surface area contributed by atoms with Crippen LogP contribution in [0.15, 0.2) is 36.4 Å². The second-order valence-corrected chi connectivity index (χ2v) is 4.79. The standard InChI is InChI=1S/C15H13ClO3/c1-9-2-4-10(5-3-9)12(8-17)11-6-13(16)15(19)7-14(11)18/h2-8,12,18-19H,1H3. The number of carbonyl (C=O) groups is 1. The Morgan fingerprint density at radius 1 is 1.11 bits per heavy atom. The Morgan fingerprint density at radius 3 is 2.32 bits per heavy atom. The molecule has 0 fully saturated rings. The zero-order chi connectivity index (χ0) is 14.0. The highest BCUT2D eigenvalue weighted by Gasteiger charge is 2.19. The molecule has 2 aromatic rings. The Morgan fingerprint density at radius 2 is 1.74 bits per heavy atom. The molecule has 0 aliphatic rings. The van der Waals surface area contributed by atoms with Crippen LogP contribution in [0.2, 0.25) is 5.02 Å². The number of benzene rings is 2. The highest BCUT2D eigenvalue weighted by Crippen LogP contribution is 2.36. The molecule has 0 spiro atoms. The van der Waals surface area contributed by atoms with E-state index in [1.807, 2.05) is 31.2 Å². The lowest BCUT2D eigenvalue weighted by Gasteiger charge is -2.14. The minimum Gasteiger partial charge on any atom is -0.507 e. The topological polar surface area (TPSA) is 57.5 Å². The lowest BCUT2D eigenvalue weighted by molar-refractivity contribution is -0.108. The van der Waals surface area contributed by atoms with Crippen molar-refractivity contribution in [1.29, 1.82) is 0 Å². The van der Waals surface area contributed by atoms with E-state index in [1.54, 1.807) is 0 Å². The van der Waals surface area contributed by atoms with E-state index in [0.29, 0.717) is 5.56 Å². The molecule has 2 rings (SSSR count). The Bertz CT molecular complexity index is 606. The van der Waals surface area contributed by atoms with Crippen molar-refractivity contribution < 1.29 is 15.0 Å². The summed E-state index contributed by atoms with van der Waals surface area (Å²) in [6, 6.07) is 9.99. The van der Waals surface area contributed by atoms with Crippen molar-refractivity contribution in [3.63, 3.8) is 0 Å². The van der Waals surface area contributed by atoms with Crippen molar-refractivity contribution >= 4 is 17.9 Å². The molecule has 1 atom stereocenters. The third-order valence-corrected chi connectivity index (χ3v) is 3.31. The summed E-state index contributed by atoms with van der Waals surface area (Å²) in [6.07, 6.45) is 0.743. The number of aromatic hydroxyl groups is 2.